The molecule has 26 heavy (non-hydrogen) atoms. The molecule has 1 aromatic carbocycles. The number of nitrogens with zero attached hydrogens (tertiary/aromatic N) is 2. The van der Waals surface area contributed by atoms with Gasteiger partial charge in [0, 0.05) is 31.2 Å². The number of anilines is 1. The molecule has 3 atom stereocenters. The summed E-state index contributed by atoms with van der Waals surface area (Å²) in [6, 6.07) is 5.35. The predicted molar refractivity (Wildman–Crippen MR) is 99.4 cm³/mol. The molecule has 1 aromatic rings. The van der Waals surface area contributed by atoms with E-state index in [1.807, 2.05) is 11.0 Å². The van der Waals surface area contributed by atoms with Gasteiger partial charge in [-0.1, -0.05) is 12.8 Å². The van der Waals surface area contributed by atoms with Crippen molar-refractivity contribution in [1.29, 1.82) is 0 Å². The van der Waals surface area contributed by atoms with Gasteiger partial charge < -0.3 is 4.90 Å². The van der Waals surface area contributed by atoms with Crippen LogP contribution in [0.1, 0.15) is 44.1 Å². The first-order valence-electron chi connectivity index (χ1n) is 10.0. The monoisotopic (exact) mass is 374 g/mol. The standard InChI is InChI=1S/C20H26N2O3S/c23-20(19-16-5-1-2-6-17(16)19)22-12-9-14-13-15(7-8-18(14)22)26(24,25)21-10-3-4-11-21/h7-8,13,16-17,19H,1-6,9-12H2/t16-,17+,19?. The van der Waals surface area contributed by atoms with Crippen molar-refractivity contribution in [2.45, 2.75) is 49.8 Å². The highest BCUT2D eigenvalue weighted by Gasteiger charge is 2.56. The van der Waals surface area contributed by atoms with Crippen LogP contribution in [0.3, 0.4) is 0 Å². The molecule has 140 valence electrons. The number of carbonyl (C=O) groups excluding carboxylic acids is 1. The zero-order valence-corrected chi connectivity index (χ0v) is 15.9. The molecule has 3 fully saturated rings. The van der Waals surface area contributed by atoms with Crippen LogP contribution >= 0.6 is 0 Å². The maximum Gasteiger partial charge on any atom is 0.243 e. The molecule has 0 radical (unpaired) electrons. The average molecular weight is 375 g/mol. The van der Waals surface area contributed by atoms with E-state index in [2.05, 4.69) is 0 Å². The number of carbonyl (C=O) groups is 1. The van der Waals surface area contributed by atoms with Crippen molar-refractivity contribution in [3.63, 3.8) is 0 Å². The summed E-state index contributed by atoms with van der Waals surface area (Å²) in [5.41, 5.74) is 1.93. The van der Waals surface area contributed by atoms with Crippen molar-refractivity contribution in [3.05, 3.63) is 23.8 Å². The highest BCUT2D eigenvalue weighted by Crippen LogP contribution is 2.56. The summed E-state index contributed by atoms with van der Waals surface area (Å²) in [5.74, 6) is 1.71. The van der Waals surface area contributed by atoms with Crippen LogP contribution in [0.5, 0.6) is 0 Å². The zero-order chi connectivity index (χ0) is 17.9. The first-order chi connectivity index (χ1) is 12.6. The fraction of sp³-hybridized carbons (Fsp3) is 0.650. The summed E-state index contributed by atoms with van der Waals surface area (Å²) < 4.78 is 27.2. The molecule has 2 aliphatic heterocycles. The van der Waals surface area contributed by atoms with Crippen molar-refractivity contribution in [1.82, 2.24) is 4.31 Å². The maximum atomic E-state index is 13.0. The zero-order valence-electron chi connectivity index (χ0n) is 15.1. The molecule has 0 aromatic heterocycles. The average Bonchev–Trinajstić information content (AvgIpc) is 3.02. The van der Waals surface area contributed by atoms with E-state index in [1.165, 1.54) is 25.7 Å². The Hall–Kier alpha value is -1.40. The van der Waals surface area contributed by atoms with Gasteiger partial charge in [0.2, 0.25) is 15.9 Å². The quantitative estimate of drug-likeness (QED) is 0.817. The largest absolute Gasteiger partial charge is 0.312 e. The fourth-order valence-corrected chi connectivity index (χ4v) is 6.95. The van der Waals surface area contributed by atoms with Crippen LogP contribution in [0.2, 0.25) is 0 Å². The Balaban J connectivity index is 1.38. The van der Waals surface area contributed by atoms with E-state index >= 15 is 0 Å². The molecule has 1 amide bonds. The van der Waals surface area contributed by atoms with Gasteiger partial charge in [-0.15, -0.1) is 0 Å². The second-order valence-corrected chi connectivity index (χ2v) is 10.2. The molecule has 1 unspecified atom stereocenters. The Morgan fingerprint density at radius 2 is 1.65 bits per heavy atom. The summed E-state index contributed by atoms with van der Waals surface area (Å²) >= 11 is 0. The molecule has 4 aliphatic rings. The SMILES string of the molecule is O=C(C1[C@H]2CCCC[C@@H]12)N1CCc2cc(S(=O)(=O)N3CCCC3)ccc21. The Bertz CT molecular complexity index is 833. The number of hydrogen-bond donors (Lipinski definition) is 0. The van der Waals surface area contributed by atoms with E-state index in [9.17, 15) is 13.2 Å². The lowest BCUT2D eigenvalue weighted by molar-refractivity contribution is -0.120. The third kappa shape index (κ3) is 2.53. The van der Waals surface area contributed by atoms with Gasteiger partial charge in [-0.3, -0.25) is 4.79 Å². The molecule has 2 saturated carbocycles. The number of hydrogen-bond acceptors (Lipinski definition) is 3. The second-order valence-electron chi connectivity index (χ2n) is 8.28. The van der Waals surface area contributed by atoms with E-state index in [0.717, 1.165) is 30.5 Å². The molecule has 0 spiro atoms. The van der Waals surface area contributed by atoms with Gasteiger partial charge in [-0.2, -0.15) is 4.31 Å². The molecule has 0 bridgehead atoms. The third-order valence-corrected chi connectivity index (χ3v) is 8.75. The summed E-state index contributed by atoms with van der Waals surface area (Å²) in [6.45, 7) is 1.93. The second kappa shape index (κ2) is 6.06. The molecule has 1 saturated heterocycles. The Kier molecular flexibility index (Phi) is 3.90. The van der Waals surface area contributed by atoms with Crippen molar-refractivity contribution < 1.29 is 13.2 Å². The fourth-order valence-electron chi connectivity index (χ4n) is 5.38. The van der Waals surface area contributed by atoms with Crippen molar-refractivity contribution in [3.8, 4) is 0 Å². The summed E-state index contributed by atoms with van der Waals surface area (Å²) in [4.78, 5) is 15.3. The molecular formula is C20H26N2O3S. The maximum absolute atomic E-state index is 13.0. The lowest BCUT2D eigenvalue weighted by atomic mass is 10.0. The number of benzene rings is 1. The summed E-state index contributed by atoms with van der Waals surface area (Å²) in [7, 11) is -3.39. The van der Waals surface area contributed by atoms with Crippen LogP contribution in [0.4, 0.5) is 5.69 Å². The highest BCUT2D eigenvalue weighted by molar-refractivity contribution is 7.89. The first kappa shape index (κ1) is 16.8. The molecule has 2 aliphatic carbocycles. The molecule has 5 nitrogen and oxygen atoms in total. The smallest absolute Gasteiger partial charge is 0.243 e. The number of amides is 1. The highest BCUT2D eigenvalue weighted by atomic mass is 32.2. The molecule has 2 heterocycles. The summed E-state index contributed by atoms with van der Waals surface area (Å²) in [6.07, 6.45) is 7.57. The Labute approximate surface area is 155 Å². The van der Waals surface area contributed by atoms with Gasteiger partial charge in [0.1, 0.15) is 0 Å². The number of rotatable bonds is 3. The van der Waals surface area contributed by atoms with Crippen molar-refractivity contribution in [2.24, 2.45) is 17.8 Å². The minimum absolute atomic E-state index is 0.219. The van der Waals surface area contributed by atoms with Crippen LogP contribution in [0, 0.1) is 17.8 Å². The molecule has 6 heteroatoms. The first-order valence-corrected chi connectivity index (χ1v) is 11.5. The van der Waals surface area contributed by atoms with Gasteiger partial charge >= 0.3 is 0 Å². The normalized spacial score (nSPS) is 30.9. The molecule has 5 rings (SSSR count). The van der Waals surface area contributed by atoms with Crippen LogP contribution < -0.4 is 4.90 Å². The lowest BCUT2D eigenvalue weighted by Crippen LogP contribution is -2.31. The van der Waals surface area contributed by atoms with Crippen LogP contribution in [-0.2, 0) is 21.2 Å². The van der Waals surface area contributed by atoms with Gasteiger partial charge in [-0.25, -0.2) is 8.42 Å². The lowest BCUT2D eigenvalue weighted by Gasteiger charge is -2.19. The van der Waals surface area contributed by atoms with E-state index < -0.39 is 10.0 Å². The minimum Gasteiger partial charge on any atom is -0.312 e. The molecular weight excluding hydrogens is 348 g/mol. The van der Waals surface area contributed by atoms with E-state index in [4.69, 9.17) is 0 Å². The Morgan fingerprint density at radius 1 is 0.962 bits per heavy atom. The van der Waals surface area contributed by atoms with Crippen molar-refractivity contribution in [2.75, 3.05) is 24.5 Å². The minimum atomic E-state index is -3.39. The predicted octanol–water partition coefficient (Wildman–Crippen LogP) is 2.80. The summed E-state index contributed by atoms with van der Waals surface area (Å²) in [5, 5.41) is 0. The van der Waals surface area contributed by atoms with Crippen LogP contribution in [0.25, 0.3) is 0 Å². The van der Waals surface area contributed by atoms with Gasteiger partial charge in [-0.05, 0) is 67.7 Å². The van der Waals surface area contributed by atoms with E-state index in [-0.39, 0.29) is 11.8 Å². The third-order valence-electron chi connectivity index (χ3n) is 6.86. The van der Waals surface area contributed by atoms with Crippen molar-refractivity contribution >= 4 is 21.6 Å². The van der Waals surface area contributed by atoms with Gasteiger partial charge in [0.05, 0.1) is 4.90 Å². The van der Waals surface area contributed by atoms with Gasteiger partial charge in [0.15, 0.2) is 0 Å². The van der Waals surface area contributed by atoms with E-state index in [0.29, 0.717) is 36.4 Å². The van der Waals surface area contributed by atoms with Crippen LogP contribution in [-0.4, -0.2) is 38.3 Å². The van der Waals surface area contributed by atoms with Gasteiger partial charge in [0.25, 0.3) is 0 Å². The van der Waals surface area contributed by atoms with Crippen LogP contribution in [0.15, 0.2) is 23.1 Å². The Morgan fingerprint density at radius 3 is 2.35 bits per heavy atom. The number of sulfonamides is 1. The number of fused-ring (bicyclic) bond motifs is 2. The molecule has 0 N–H and O–H groups in total. The van der Waals surface area contributed by atoms with E-state index in [1.54, 1.807) is 16.4 Å². The topological polar surface area (TPSA) is 57.7 Å².